The number of amides is 2. The maximum absolute atomic E-state index is 12.7. The minimum atomic E-state index is -1.91. The van der Waals surface area contributed by atoms with Gasteiger partial charge in [0.25, 0.3) is 0 Å². The molecular weight excluding hydrogens is 539 g/mol. The van der Waals surface area contributed by atoms with E-state index in [0.717, 1.165) is 19.0 Å². The van der Waals surface area contributed by atoms with Gasteiger partial charge in [-0.3, -0.25) is 4.79 Å². The van der Waals surface area contributed by atoms with Crippen LogP contribution in [-0.4, -0.2) is 18.2 Å². The van der Waals surface area contributed by atoms with Crippen molar-refractivity contribution in [3.8, 4) is 5.75 Å². The van der Waals surface area contributed by atoms with E-state index in [-0.39, 0.29) is 12.0 Å². The molecule has 0 saturated carbocycles. The first-order valence-corrected chi connectivity index (χ1v) is 16.1. The van der Waals surface area contributed by atoms with Crippen LogP contribution < -0.4 is 31.3 Å². The molecule has 6 heteroatoms. The highest BCUT2D eigenvalue weighted by molar-refractivity contribution is 7.95. The third-order valence-electron chi connectivity index (χ3n) is 7.09. The Morgan fingerprint density at radius 2 is 0.952 bits per heavy atom. The van der Waals surface area contributed by atoms with Crippen molar-refractivity contribution in [3.63, 3.8) is 0 Å². The zero-order chi connectivity index (χ0) is 29.0. The van der Waals surface area contributed by atoms with Crippen molar-refractivity contribution in [2.45, 2.75) is 19.3 Å². The van der Waals surface area contributed by atoms with Crippen molar-refractivity contribution < 1.29 is 14.3 Å². The number of anilines is 2. The number of hydrogen-bond donors (Lipinski definition) is 2. The highest BCUT2D eigenvalue weighted by Crippen LogP contribution is 2.55. The van der Waals surface area contributed by atoms with E-state index in [1.165, 1.54) is 15.9 Å². The minimum Gasteiger partial charge on any atom is -0.427 e. The molecule has 5 aromatic rings. The zero-order valence-corrected chi connectivity index (χ0v) is 24.3. The second kappa shape index (κ2) is 14.2. The molecule has 2 amide bonds. The lowest BCUT2D eigenvalue weighted by molar-refractivity contribution is -0.134. The van der Waals surface area contributed by atoms with E-state index in [9.17, 15) is 9.59 Å². The number of para-hydroxylation sites is 1. The molecule has 0 heterocycles. The smallest absolute Gasteiger partial charge is 0.323 e. The Morgan fingerprint density at radius 1 is 0.524 bits per heavy atom. The number of carbonyl (C=O) groups excluding carboxylic acids is 2. The predicted octanol–water partition coefficient (Wildman–Crippen LogP) is 7.40. The van der Waals surface area contributed by atoms with Crippen LogP contribution in [0.2, 0.25) is 0 Å². The molecule has 42 heavy (non-hydrogen) atoms. The number of ether oxygens (including phenoxy) is 1. The molecule has 0 unspecified atom stereocenters. The van der Waals surface area contributed by atoms with Gasteiger partial charge in [-0.1, -0.05) is 72.8 Å². The molecule has 0 aliphatic carbocycles. The van der Waals surface area contributed by atoms with Crippen molar-refractivity contribution in [2.75, 3.05) is 16.8 Å². The summed E-state index contributed by atoms with van der Waals surface area (Å²) in [5.41, 5.74) is 1.31. The lowest BCUT2D eigenvalue weighted by atomic mass is 10.2. The minimum absolute atomic E-state index is 0.263. The van der Waals surface area contributed by atoms with Gasteiger partial charge in [0.05, 0.1) is 6.16 Å². The van der Waals surface area contributed by atoms with Crippen LogP contribution in [0.15, 0.2) is 146 Å². The molecule has 5 aromatic carbocycles. The van der Waals surface area contributed by atoms with E-state index in [2.05, 4.69) is 102 Å². The lowest BCUT2D eigenvalue weighted by Crippen LogP contribution is -2.33. The number of urea groups is 1. The summed E-state index contributed by atoms with van der Waals surface area (Å²) in [5, 5.41) is 9.59. The van der Waals surface area contributed by atoms with E-state index >= 15 is 0 Å². The Labute approximate surface area is 247 Å². The Kier molecular flexibility index (Phi) is 9.77. The molecule has 0 aliphatic rings. The van der Waals surface area contributed by atoms with E-state index < -0.39 is 7.26 Å². The van der Waals surface area contributed by atoms with Gasteiger partial charge in [0.2, 0.25) is 0 Å². The number of nitrogens with one attached hydrogen (secondary N) is 2. The zero-order valence-electron chi connectivity index (χ0n) is 23.4. The summed E-state index contributed by atoms with van der Waals surface area (Å²) in [7, 11) is -1.91. The molecule has 5 rings (SSSR count). The normalized spacial score (nSPS) is 11.0. The fourth-order valence-electron chi connectivity index (χ4n) is 5.10. The van der Waals surface area contributed by atoms with Crippen LogP contribution in [0.3, 0.4) is 0 Å². The van der Waals surface area contributed by atoms with E-state index in [0.29, 0.717) is 23.5 Å². The van der Waals surface area contributed by atoms with Crippen LogP contribution in [0.1, 0.15) is 19.3 Å². The Hall–Kier alpha value is -4.73. The number of hydrogen-bond acceptors (Lipinski definition) is 3. The highest BCUT2D eigenvalue weighted by atomic mass is 31.2. The molecule has 5 nitrogen and oxygen atoms in total. The summed E-state index contributed by atoms with van der Waals surface area (Å²) < 4.78 is 5.60. The van der Waals surface area contributed by atoms with Crippen LogP contribution in [0.5, 0.6) is 5.75 Å². The standard InChI is InChI=1S/C36H33N2O3P/c39-35(41-31-26-24-30(25-27-31)38-36(40)37-29-15-5-1-6-16-29)23-13-14-28-42(32-17-7-2-8-18-32,33-19-9-3-10-20-33)34-21-11-4-12-22-34/h1-12,15-22,24-27H,13-14,23,28H2,(H-,37,38,40)/p+1. The first-order chi connectivity index (χ1) is 20.6. The van der Waals surface area contributed by atoms with Gasteiger partial charge in [0.15, 0.2) is 0 Å². The van der Waals surface area contributed by atoms with Gasteiger partial charge in [-0.25, -0.2) is 4.79 Å². The quantitative estimate of drug-likeness (QED) is 0.0749. The Morgan fingerprint density at radius 3 is 1.43 bits per heavy atom. The van der Waals surface area contributed by atoms with Crippen LogP contribution >= 0.6 is 7.26 Å². The van der Waals surface area contributed by atoms with Crippen LogP contribution in [0.4, 0.5) is 16.2 Å². The first kappa shape index (κ1) is 28.8. The topological polar surface area (TPSA) is 67.4 Å². The molecule has 0 fully saturated rings. The summed E-state index contributed by atoms with van der Waals surface area (Å²) in [4.78, 5) is 24.9. The van der Waals surface area contributed by atoms with Crippen molar-refractivity contribution in [1.29, 1.82) is 0 Å². The first-order valence-electron chi connectivity index (χ1n) is 14.1. The van der Waals surface area contributed by atoms with Crippen molar-refractivity contribution in [1.82, 2.24) is 0 Å². The fourth-order valence-corrected chi connectivity index (χ4v) is 9.51. The van der Waals surface area contributed by atoms with Crippen molar-refractivity contribution in [2.24, 2.45) is 0 Å². The highest BCUT2D eigenvalue weighted by Gasteiger charge is 2.44. The molecule has 0 aromatic heterocycles. The molecular formula is C36H34N2O3P+. The number of carbonyl (C=O) groups is 2. The predicted molar refractivity (Wildman–Crippen MR) is 175 cm³/mol. The summed E-state index contributed by atoms with van der Waals surface area (Å²) in [6.07, 6.45) is 2.91. The molecule has 2 N–H and O–H groups in total. The molecule has 0 aliphatic heterocycles. The molecule has 0 spiro atoms. The number of rotatable bonds is 11. The largest absolute Gasteiger partial charge is 0.427 e. The molecule has 0 atom stereocenters. The maximum atomic E-state index is 12.7. The van der Waals surface area contributed by atoms with Gasteiger partial charge in [-0.15, -0.1) is 0 Å². The maximum Gasteiger partial charge on any atom is 0.323 e. The summed E-state index contributed by atoms with van der Waals surface area (Å²) >= 11 is 0. The third-order valence-corrected chi connectivity index (χ3v) is 11.6. The summed E-state index contributed by atoms with van der Waals surface area (Å²) in [5.74, 6) is 0.189. The van der Waals surface area contributed by atoms with Gasteiger partial charge in [0, 0.05) is 17.8 Å². The average molecular weight is 574 g/mol. The second-order valence-corrected chi connectivity index (χ2v) is 13.6. The van der Waals surface area contributed by atoms with E-state index in [1.54, 1.807) is 24.3 Å². The molecule has 0 saturated heterocycles. The van der Waals surface area contributed by atoms with Crippen LogP contribution in [0, 0.1) is 0 Å². The van der Waals surface area contributed by atoms with E-state index in [4.69, 9.17) is 4.74 Å². The van der Waals surface area contributed by atoms with Crippen LogP contribution in [0.25, 0.3) is 0 Å². The van der Waals surface area contributed by atoms with Gasteiger partial charge >= 0.3 is 12.0 Å². The summed E-state index contributed by atoms with van der Waals surface area (Å²) in [6.45, 7) is 0. The molecule has 0 radical (unpaired) electrons. The third kappa shape index (κ3) is 7.31. The van der Waals surface area contributed by atoms with Gasteiger partial charge in [0.1, 0.15) is 28.9 Å². The Bertz CT molecular complexity index is 1470. The van der Waals surface area contributed by atoms with Gasteiger partial charge in [-0.2, -0.15) is 0 Å². The van der Waals surface area contributed by atoms with E-state index in [1.807, 2.05) is 30.3 Å². The summed E-state index contributed by atoms with van der Waals surface area (Å²) in [6, 6.07) is 48.0. The van der Waals surface area contributed by atoms with Crippen molar-refractivity contribution in [3.05, 3.63) is 146 Å². The SMILES string of the molecule is O=C(Nc1ccccc1)Nc1ccc(OC(=O)CCCC[P+](c2ccccc2)(c2ccccc2)c2ccccc2)cc1. The van der Waals surface area contributed by atoms with Crippen LogP contribution in [-0.2, 0) is 4.79 Å². The molecule has 0 bridgehead atoms. The second-order valence-electron chi connectivity index (χ2n) is 9.94. The number of unbranched alkanes of at least 4 members (excludes halogenated alkanes) is 1. The van der Waals surface area contributed by atoms with Gasteiger partial charge in [-0.05, 0) is 85.6 Å². The Balaban J connectivity index is 1.19. The fraction of sp³-hybridized carbons (Fsp3) is 0.111. The molecule has 210 valence electrons. The number of esters is 1. The monoisotopic (exact) mass is 573 g/mol. The van der Waals surface area contributed by atoms with Gasteiger partial charge < -0.3 is 15.4 Å². The average Bonchev–Trinajstić information content (AvgIpc) is 3.04. The lowest BCUT2D eigenvalue weighted by Gasteiger charge is -2.27. The van der Waals surface area contributed by atoms with Crippen molar-refractivity contribution >= 4 is 46.6 Å². The number of benzene rings is 5.